The fourth-order valence-electron chi connectivity index (χ4n) is 0.617. The third kappa shape index (κ3) is 3.17. The fraction of sp³-hybridized carbons (Fsp3) is 1.00. The highest BCUT2D eigenvalue weighted by molar-refractivity contribution is 7.56. The van der Waals surface area contributed by atoms with Crippen LogP contribution in [0.5, 0.6) is 0 Å². The van der Waals surface area contributed by atoms with E-state index in [0.717, 1.165) is 5.66 Å². The second kappa shape index (κ2) is 4.24. The molecule has 0 aromatic carbocycles. The Balaban J connectivity index is 3.58. The summed E-state index contributed by atoms with van der Waals surface area (Å²) in [5.41, 5.74) is 0.727. The molecule has 0 aliphatic rings. The van der Waals surface area contributed by atoms with E-state index < -0.39 is 0 Å². The Bertz CT molecular complexity index is 73.3. The van der Waals surface area contributed by atoms with Crippen LogP contribution in [-0.4, -0.2) is 32.2 Å². The molecule has 0 fully saturated rings. The molecule has 2 unspecified atom stereocenters. The number of hydrogen-bond donors (Lipinski definition) is 0. The van der Waals surface area contributed by atoms with Crippen LogP contribution in [0.2, 0.25) is 0 Å². The summed E-state index contributed by atoms with van der Waals surface area (Å²) in [6.45, 7) is 8.96. The van der Waals surface area contributed by atoms with Crippen LogP contribution in [-0.2, 0) is 4.74 Å². The van der Waals surface area contributed by atoms with Crippen LogP contribution in [0.1, 0.15) is 13.8 Å². The molecule has 0 aliphatic carbocycles. The Morgan fingerprint density at radius 1 is 1.22 bits per heavy atom. The minimum absolute atomic E-state index is 0.168. The fourth-order valence-corrected chi connectivity index (χ4v) is 1.58. The topological polar surface area (TPSA) is 9.23 Å². The third-order valence-electron chi connectivity index (χ3n) is 1.87. The molecule has 0 heterocycles. The first-order valence-corrected chi connectivity index (χ1v) is 5.59. The molecule has 1 nitrogen and oxygen atoms in total. The number of ether oxygens (including phenoxy) is 1. The van der Waals surface area contributed by atoms with E-state index in [1.807, 2.05) is 0 Å². The Morgan fingerprint density at radius 2 is 1.67 bits per heavy atom. The molecule has 0 amide bonds. The van der Waals surface area contributed by atoms with Gasteiger partial charge in [0.15, 0.2) is 0 Å². The van der Waals surface area contributed by atoms with Crippen LogP contribution in [0, 0.1) is 0 Å². The van der Waals surface area contributed by atoms with Gasteiger partial charge in [0, 0.05) is 12.8 Å². The molecule has 0 bridgehead atoms. The van der Waals surface area contributed by atoms with Crippen molar-refractivity contribution in [3.63, 3.8) is 0 Å². The molecular weight excluding hydrogens is 131 g/mol. The van der Waals surface area contributed by atoms with Crippen molar-refractivity contribution < 1.29 is 4.74 Å². The van der Waals surface area contributed by atoms with Gasteiger partial charge in [0.05, 0.1) is 6.10 Å². The maximum Gasteiger partial charge on any atom is 0.0607 e. The summed E-state index contributed by atoms with van der Waals surface area (Å²) in [5, 5.41) is 0. The zero-order valence-electron chi connectivity index (χ0n) is 7.01. The molecule has 0 aliphatic heterocycles. The van der Waals surface area contributed by atoms with Gasteiger partial charge >= 0.3 is 0 Å². The second-order valence-corrected chi connectivity index (χ2v) is 5.39. The van der Waals surface area contributed by atoms with E-state index in [2.05, 4.69) is 27.2 Å². The van der Waals surface area contributed by atoms with E-state index >= 15 is 0 Å². The monoisotopic (exact) mass is 148 g/mol. The van der Waals surface area contributed by atoms with Gasteiger partial charge in [0.25, 0.3) is 0 Å². The molecule has 56 valence electrons. The van der Waals surface area contributed by atoms with Crippen LogP contribution in [0.25, 0.3) is 0 Å². The summed E-state index contributed by atoms with van der Waals surface area (Å²) in [6, 6.07) is 0. The minimum Gasteiger partial charge on any atom is -0.381 e. The SMILES string of the molecule is COC(C)C(C)P(C)C. The lowest BCUT2D eigenvalue weighted by atomic mass is 10.3. The van der Waals surface area contributed by atoms with Gasteiger partial charge in [0.1, 0.15) is 0 Å². The van der Waals surface area contributed by atoms with Gasteiger partial charge in [-0.15, -0.1) is 7.92 Å². The maximum atomic E-state index is 5.19. The minimum atomic E-state index is 0.168. The van der Waals surface area contributed by atoms with E-state index in [0.29, 0.717) is 6.10 Å². The van der Waals surface area contributed by atoms with Crippen molar-refractivity contribution in [1.82, 2.24) is 0 Å². The van der Waals surface area contributed by atoms with Crippen LogP contribution < -0.4 is 0 Å². The molecule has 0 rings (SSSR count). The first-order chi connectivity index (χ1) is 4.09. The van der Waals surface area contributed by atoms with Crippen molar-refractivity contribution >= 4 is 7.92 Å². The van der Waals surface area contributed by atoms with Gasteiger partial charge in [0.2, 0.25) is 0 Å². The maximum absolute atomic E-state index is 5.19. The molecule has 2 atom stereocenters. The Hall–Kier alpha value is 0.390. The second-order valence-electron chi connectivity index (χ2n) is 2.65. The number of hydrogen-bond acceptors (Lipinski definition) is 1. The zero-order valence-corrected chi connectivity index (χ0v) is 7.90. The van der Waals surface area contributed by atoms with Crippen molar-refractivity contribution in [2.45, 2.75) is 25.6 Å². The lowest BCUT2D eigenvalue weighted by molar-refractivity contribution is 0.118. The zero-order chi connectivity index (χ0) is 7.44. The predicted molar refractivity (Wildman–Crippen MR) is 44.7 cm³/mol. The molecule has 9 heavy (non-hydrogen) atoms. The summed E-state index contributed by atoms with van der Waals surface area (Å²) < 4.78 is 5.19. The van der Waals surface area contributed by atoms with E-state index in [9.17, 15) is 0 Å². The molecule has 0 saturated carbocycles. The van der Waals surface area contributed by atoms with E-state index in [1.165, 1.54) is 0 Å². The highest BCUT2D eigenvalue weighted by Crippen LogP contribution is 2.34. The van der Waals surface area contributed by atoms with Gasteiger partial charge in [-0.05, 0) is 20.3 Å². The Kier molecular flexibility index (Phi) is 4.43. The van der Waals surface area contributed by atoms with Gasteiger partial charge in [-0.2, -0.15) is 0 Å². The highest BCUT2D eigenvalue weighted by atomic mass is 31.1. The summed E-state index contributed by atoms with van der Waals surface area (Å²) >= 11 is 0. The third-order valence-corrected chi connectivity index (χ3v) is 3.91. The molecule has 0 saturated heterocycles. The summed E-state index contributed by atoms with van der Waals surface area (Å²) in [4.78, 5) is 0. The lowest BCUT2D eigenvalue weighted by Gasteiger charge is -2.21. The van der Waals surface area contributed by atoms with E-state index in [-0.39, 0.29) is 7.92 Å². The lowest BCUT2D eigenvalue weighted by Crippen LogP contribution is -2.19. The van der Waals surface area contributed by atoms with Gasteiger partial charge in [-0.1, -0.05) is 6.92 Å². The van der Waals surface area contributed by atoms with E-state index in [1.54, 1.807) is 7.11 Å². The van der Waals surface area contributed by atoms with E-state index in [4.69, 9.17) is 4.74 Å². The van der Waals surface area contributed by atoms with Crippen molar-refractivity contribution in [1.29, 1.82) is 0 Å². The van der Waals surface area contributed by atoms with Crippen molar-refractivity contribution in [2.75, 3.05) is 20.4 Å². The first-order valence-electron chi connectivity index (χ1n) is 3.28. The summed E-state index contributed by atoms with van der Waals surface area (Å²) in [5.74, 6) is 0. The van der Waals surface area contributed by atoms with Crippen LogP contribution in [0.4, 0.5) is 0 Å². The average Bonchev–Trinajstić information content (AvgIpc) is 1.84. The largest absolute Gasteiger partial charge is 0.381 e. The molecule has 2 heteroatoms. The quantitative estimate of drug-likeness (QED) is 0.557. The van der Waals surface area contributed by atoms with Crippen LogP contribution in [0.15, 0.2) is 0 Å². The molecule has 0 aromatic rings. The van der Waals surface area contributed by atoms with Crippen molar-refractivity contribution in [3.8, 4) is 0 Å². The predicted octanol–water partition coefficient (Wildman–Crippen LogP) is 2.15. The molecule has 0 spiro atoms. The van der Waals surface area contributed by atoms with Gasteiger partial charge < -0.3 is 4.74 Å². The van der Waals surface area contributed by atoms with Crippen molar-refractivity contribution in [2.24, 2.45) is 0 Å². The Labute approximate surface area is 59.5 Å². The molecule has 0 radical (unpaired) electrons. The number of rotatable bonds is 3. The van der Waals surface area contributed by atoms with Gasteiger partial charge in [-0.25, -0.2) is 0 Å². The highest BCUT2D eigenvalue weighted by Gasteiger charge is 2.13. The molecular formula is C7H17OP. The average molecular weight is 148 g/mol. The summed E-state index contributed by atoms with van der Waals surface area (Å²) in [7, 11) is 1.95. The normalized spacial score (nSPS) is 18.0. The van der Waals surface area contributed by atoms with Crippen molar-refractivity contribution in [3.05, 3.63) is 0 Å². The first kappa shape index (κ1) is 9.39. The smallest absolute Gasteiger partial charge is 0.0607 e. The van der Waals surface area contributed by atoms with Crippen LogP contribution >= 0.6 is 7.92 Å². The summed E-state index contributed by atoms with van der Waals surface area (Å²) in [6.07, 6.45) is 0.422. The van der Waals surface area contributed by atoms with Crippen LogP contribution in [0.3, 0.4) is 0 Å². The van der Waals surface area contributed by atoms with Gasteiger partial charge in [-0.3, -0.25) is 0 Å². The standard InChI is InChI=1S/C7H17OP/c1-6(8-3)7(2)9(4)5/h6-7H,1-5H3. The molecule has 0 aromatic heterocycles. The number of methoxy groups -OCH3 is 1. The molecule has 0 N–H and O–H groups in total. The Morgan fingerprint density at radius 3 is 1.78 bits per heavy atom.